The van der Waals surface area contributed by atoms with Crippen molar-refractivity contribution in [2.24, 2.45) is 0 Å². The topological polar surface area (TPSA) is 141 Å². The largest absolute Gasteiger partial charge is 0.497 e. The van der Waals surface area contributed by atoms with E-state index in [0.717, 1.165) is 22.1 Å². The summed E-state index contributed by atoms with van der Waals surface area (Å²) in [7, 11) is 1.59. The molecule has 0 bridgehead atoms. The molecular formula is C22H27NO10. The summed E-state index contributed by atoms with van der Waals surface area (Å²) in [4.78, 5) is 39.9. The van der Waals surface area contributed by atoms with Gasteiger partial charge in [-0.2, -0.15) is 0 Å². The number of hydrogen-bond donors (Lipinski definition) is 2. The molecule has 0 aliphatic rings. The molecule has 180 valence electrons. The quantitative estimate of drug-likeness (QED) is 0.195. The summed E-state index contributed by atoms with van der Waals surface area (Å²) >= 11 is 0. The van der Waals surface area contributed by atoms with Crippen LogP contribution in [0.4, 0.5) is 0 Å². The fourth-order valence-electron chi connectivity index (χ4n) is 2.79. The monoisotopic (exact) mass is 465 g/mol. The number of nitrogens with zero attached hydrogens (tertiary/aromatic N) is 1. The van der Waals surface area contributed by atoms with Crippen LogP contribution in [0.15, 0.2) is 36.4 Å². The zero-order valence-corrected chi connectivity index (χ0v) is 18.4. The molecule has 1 atom stereocenters. The van der Waals surface area contributed by atoms with Crippen molar-refractivity contribution in [1.29, 1.82) is 0 Å². The predicted octanol–water partition coefficient (Wildman–Crippen LogP) is 2.37. The zero-order valence-electron chi connectivity index (χ0n) is 18.4. The Kier molecular flexibility index (Phi) is 10.5. The molecule has 0 aliphatic heterocycles. The van der Waals surface area contributed by atoms with Gasteiger partial charge in [-0.3, -0.25) is 20.0 Å². The van der Waals surface area contributed by atoms with Gasteiger partial charge < -0.3 is 18.9 Å². The molecule has 0 saturated heterocycles. The van der Waals surface area contributed by atoms with Crippen molar-refractivity contribution < 1.29 is 48.6 Å². The normalized spacial score (nSPS) is 11.8. The average Bonchev–Trinajstić information content (AvgIpc) is 2.81. The summed E-state index contributed by atoms with van der Waals surface area (Å²) < 4.78 is 19.8. The standard InChI is InChI=1S/C22H27NO10/c1-15(16-5-6-18-12-19(29-2)8-7-17(18)11-16)22(26)32-14-21(25)31-13-20(24)30-9-3-4-10-33-23(27)28/h5-8,11-12,15,27-28H,3-4,9-10,13-14H2,1-2H3. The fraction of sp³-hybridized carbons (Fsp3) is 0.409. The molecule has 2 N–H and O–H groups in total. The number of carbonyl (C=O) groups excluding carboxylic acids is 3. The van der Waals surface area contributed by atoms with Crippen molar-refractivity contribution in [2.45, 2.75) is 25.7 Å². The van der Waals surface area contributed by atoms with E-state index in [1.54, 1.807) is 20.1 Å². The first-order valence-corrected chi connectivity index (χ1v) is 10.2. The van der Waals surface area contributed by atoms with Gasteiger partial charge in [0.15, 0.2) is 13.2 Å². The highest BCUT2D eigenvalue weighted by Crippen LogP contribution is 2.25. The Balaban J connectivity index is 1.69. The zero-order chi connectivity index (χ0) is 24.2. The number of hydrogen-bond acceptors (Lipinski definition) is 11. The molecule has 0 fully saturated rings. The number of rotatable bonds is 13. The highest BCUT2D eigenvalue weighted by Gasteiger charge is 2.19. The molecule has 0 heterocycles. The molecular weight excluding hydrogens is 438 g/mol. The summed E-state index contributed by atoms with van der Waals surface area (Å²) in [5, 5.41) is 18.2. The molecule has 0 aromatic heterocycles. The number of fused-ring (bicyclic) bond motifs is 1. The average molecular weight is 465 g/mol. The third kappa shape index (κ3) is 9.02. The Labute approximate surface area is 190 Å². The number of ether oxygens (including phenoxy) is 4. The van der Waals surface area contributed by atoms with E-state index in [-0.39, 0.29) is 13.2 Å². The van der Waals surface area contributed by atoms with Crippen LogP contribution < -0.4 is 4.74 Å². The molecule has 11 nitrogen and oxygen atoms in total. The summed E-state index contributed by atoms with van der Waals surface area (Å²) in [6.45, 7) is 0.493. The Hall–Kier alpha value is -3.25. The lowest BCUT2D eigenvalue weighted by Gasteiger charge is -2.13. The summed E-state index contributed by atoms with van der Waals surface area (Å²) in [6.07, 6.45) is 0.815. The number of benzene rings is 2. The van der Waals surface area contributed by atoms with E-state index in [1.165, 1.54) is 0 Å². The van der Waals surface area contributed by atoms with Crippen LogP contribution in [0.3, 0.4) is 0 Å². The van der Waals surface area contributed by atoms with Crippen LogP contribution in [0.1, 0.15) is 31.2 Å². The first-order chi connectivity index (χ1) is 15.8. The van der Waals surface area contributed by atoms with E-state index < -0.39 is 42.4 Å². The Bertz CT molecular complexity index is 946. The van der Waals surface area contributed by atoms with Gasteiger partial charge in [-0.05, 0) is 48.2 Å². The molecule has 0 spiro atoms. The molecule has 33 heavy (non-hydrogen) atoms. The van der Waals surface area contributed by atoms with E-state index in [1.807, 2.05) is 30.3 Å². The van der Waals surface area contributed by atoms with Gasteiger partial charge in [0.2, 0.25) is 0 Å². The minimum absolute atomic E-state index is 0.0251. The van der Waals surface area contributed by atoms with Gasteiger partial charge >= 0.3 is 17.9 Å². The SMILES string of the molecule is COc1ccc2cc(C(C)C(=O)OCC(=O)OCC(=O)OCCCCON(O)O)ccc2c1. The van der Waals surface area contributed by atoms with Gasteiger partial charge in [-0.1, -0.05) is 24.3 Å². The van der Waals surface area contributed by atoms with Crippen LogP contribution in [0.5, 0.6) is 5.75 Å². The van der Waals surface area contributed by atoms with Crippen molar-refractivity contribution in [3.05, 3.63) is 42.0 Å². The van der Waals surface area contributed by atoms with Gasteiger partial charge in [-0.15, -0.1) is 0 Å². The Morgan fingerprint density at radius 2 is 1.52 bits per heavy atom. The van der Waals surface area contributed by atoms with Crippen molar-refractivity contribution in [3.63, 3.8) is 0 Å². The molecule has 2 aromatic carbocycles. The first kappa shape index (κ1) is 26.0. The molecule has 0 amide bonds. The number of esters is 3. The second-order valence-electron chi connectivity index (χ2n) is 6.98. The predicted molar refractivity (Wildman–Crippen MR) is 112 cm³/mol. The van der Waals surface area contributed by atoms with Crippen LogP contribution in [-0.2, 0) is 33.4 Å². The first-order valence-electron chi connectivity index (χ1n) is 10.2. The third-order valence-electron chi connectivity index (χ3n) is 4.62. The van der Waals surface area contributed by atoms with Crippen LogP contribution in [0.2, 0.25) is 0 Å². The molecule has 0 saturated carbocycles. The van der Waals surface area contributed by atoms with Crippen LogP contribution in [-0.4, -0.2) is 67.2 Å². The van der Waals surface area contributed by atoms with Crippen molar-refractivity contribution in [2.75, 3.05) is 33.5 Å². The molecule has 2 rings (SSSR count). The molecule has 1 unspecified atom stereocenters. The number of unbranched alkanes of at least 4 members (excludes halogenated alkanes) is 1. The maximum Gasteiger partial charge on any atom is 0.344 e. The van der Waals surface area contributed by atoms with Crippen molar-refractivity contribution >= 4 is 28.7 Å². The van der Waals surface area contributed by atoms with Crippen molar-refractivity contribution in [1.82, 2.24) is 5.39 Å². The van der Waals surface area contributed by atoms with Gasteiger partial charge in [-0.25, -0.2) is 9.59 Å². The smallest absolute Gasteiger partial charge is 0.344 e. The molecule has 0 aliphatic carbocycles. The second kappa shape index (κ2) is 13.3. The highest BCUT2D eigenvalue weighted by molar-refractivity contribution is 5.87. The Morgan fingerprint density at radius 1 is 0.879 bits per heavy atom. The lowest BCUT2D eigenvalue weighted by Crippen LogP contribution is -2.23. The van der Waals surface area contributed by atoms with E-state index >= 15 is 0 Å². The van der Waals surface area contributed by atoms with Crippen LogP contribution in [0, 0.1) is 0 Å². The van der Waals surface area contributed by atoms with Crippen LogP contribution >= 0.6 is 0 Å². The maximum atomic E-state index is 12.3. The summed E-state index contributed by atoms with van der Waals surface area (Å²) in [5.41, 5.74) is 0.727. The number of methoxy groups -OCH3 is 1. The van der Waals surface area contributed by atoms with Gasteiger partial charge in [0, 0.05) is 0 Å². The van der Waals surface area contributed by atoms with Gasteiger partial charge in [0.1, 0.15) is 5.75 Å². The van der Waals surface area contributed by atoms with E-state index in [0.29, 0.717) is 12.8 Å². The third-order valence-corrected chi connectivity index (χ3v) is 4.62. The molecule has 0 radical (unpaired) electrons. The Morgan fingerprint density at radius 3 is 2.24 bits per heavy atom. The highest BCUT2D eigenvalue weighted by atomic mass is 17.1. The van der Waals surface area contributed by atoms with Crippen LogP contribution in [0.25, 0.3) is 10.8 Å². The van der Waals surface area contributed by atoms with Gasteiger partial charge in [0.25, 0.3) is 0 Å². The number of carbonyl (C=O) groups is 3. The van der Waals surface area contributed by atoms with E-state index in [4.69, 9.17) is 29.4 Å². The lowest BCUT2D eigenvalue weighted by atomic mass is 9.98. The van der Waals surface area contributed by atoms with Gasteiger partial charge in [0.05, 0.1) is 31.6 Å². The maximum absolute atomic E-state index is 12.3. The van der Waals surface area contributed by atoms with Crippen molar-refractivity contribution in [3.8, 4) is 5.75 Å². The molecule has 11 heteroatoms. The second-order valence-corrected chi connectivity index (χ2v) is 6.98. The molecule has 2 aromatic rings. The summed E-state index contributed by atoms with van der Waals surface area (Å²) in [5.74, 6) is -2.12. The van der Waals surface area contributed by atoms with E-state index in [2.05, 4.69) is 4.84 Å². The van der Waals surface area contributed by atoms with E-state index in [9.17, 15) is 14.4 Å². The lowest BCUT2D eigenvalue weighted by molar-refractivity contribution is -0.492. The minimum Gasteiger partial charge on any atom is -0.497 e. The minimum atomic E-state index is -0.877. The summed E-state index contributed by atoms with van der Waals surface area (Å²) in [6, 6.07) is 11.1. The fourth-order valence-corrected chi connectivity index (χ4v) is 2.79.